The Labute approximate surface area is 69.5 Å². The smallest absolute Gasteiger partial charge is 0.0811 e. The highest BCUT2D eigenvalue weighted by molar-refractivity contribution is 4.68. The van der Waals surface area contributed by atoms with E-state index < -0.39 is 0 Å². The molecule has 0 atom stereocenters. The molecule has 3 nitrogen and oxygen atoms in total. The zero-order valence-electron chi connectivity index (χ0n) is 7.84. The molecule has 0 aromatic carbocycles. The largest absolute Gasteiger partial charge is 0.306 e. The van der Waals surface area contributed by atoms with Crippen LogP contribution in [0.15, 0.2) is 0 Å². The summed E-state index contributed by atoms with van der Waals surface area (Å²) in [7, 11) is 2.12. The van der Waals surface area contributed by atoms with Gasteiger partial charge in [0.1, 0.15) is 0 Å². The molecule has 11 heavy (non-hydrogen) atoms. The maximum absolute atomic E-state index is 5.03. The Morgan fingerprint density at radius 2 is 1.73 bits per heavy atom. The van der Waals surface area contributed by atoms with E-state index in [1.54, 1.807) is 0 Å². The average molecular weight is 160 g/mol. The molecular formula is C8H20N2O. The van der Waals surface area contributed by atoms with Crippen LogP contribution in [0.2, 0.25) is 0 Å². The number of rotatable bonds is 1. The predicted molar refractivity (Wildman–Crippen MR) is 47.1 cm³/mol. The van der Waals surface area contributed by atoms with Gasteiger partial charge in [-0.05, 0) is 19.9 Å². The van der Waals surface area contributed by atoms with E-state index in [1.165, 1.54) is 0 Å². The highest BCUT2D eigenvalue weighted by atomic mass is 16.6. The van der Waals surface area contributed by atoms with Crippen molar-refractivity contribution in [3.63, 3.8) is 0 Å². The van der Waals surface area contributed by atoms with Crippen molar-refractivity contribution in [2.24, 2.45) is 5.90 Å². The molecule has 2 N–H and O–H groups in total. The number of nitrogens with zero attached hydrogens (tertiary/aromatic N) is 1. The van der Waals surface area contributed by atoms with E-state index >= 15 is 0 Å². The van der Waals surface area contributed by atoms with E-state index in [4.69, 9.17) is 10.7 Å². The Morgan fingerprint density at radius 3 is 2.09 bits per heavy atom. The van der Waals surface area contributed by atoms with Crippen LogP contribution in [0, 0.1) is 0 Å². The zero-order valence-corrected chi connectivity index (χ0v) is 7.84. The fraction of sp³-hybridized carbons (Fsp3) is 1.00. The van der Waals surface area contributed by atoms with E-state index in [0.29, 0.717) is 6.10 Å². The van der Waals surface area contributed by atoms with Crippen LogP contribution in [0.3, 0.4) is 0 Å². The van der Waals surface area contributed by atoms with Crippen LogP contribution in [0.1, 0.15) is 26.7 Å². The molecule has 0 aliphatic carbocycles. The van der Waals surface area contributed by atoms with Gasteiger partial charge in [0.05, 0.1) is 6.10 Å². The SMILES string of the molecule is CC.CN1CCC(ON)CC1. The minimum absolute atomic E-state index is 0.307. The van der Waals surface area contributed by atoms with Gasteiger partial charge in [0.15, 0.2) is 0 Å². The molecule has 0 spiro atoms. The normalized spacial score (nSPS) is 20.7. The summed E-state index contributed by atoms with van der Waals surface area (Å²) in [5.74, 6) is 5.03. The molecule has 0 saturated carbocycles. The molecule has 0 aromatic heterocycles. The summed E-state index contributed by atoms with van der Waals surface area (Å²) in [5, 5.41) is 0. The molecule has 1 aliphatic heterocycles. The van der Waals surface area contributed by atoms with E-state index in [0.717, 1.165) is 25.9 Å². The van der Waals surface area contributed by atoms with Gasteiger partial charge in [-0.3, -0.25) is 0 Å². The Kier molecular flexibility index (Phi) is 6.51. The molecule has 0 aromatic rings. The minimum atomic E-state index is 0.307. The summed E-state index contributed by atoms with van der Waals surface area (Å²) in [6, 6.07) is 0. The molecule has 3 heteroatoms. The topological polar surface area (TPSA) is 38.5 Å². The summed E-state index contributed by atoms with van der Waals surface area (Å²) in [6.45, 7) is 6.23. The summed E-state index contributed by atoms with van der Waals surface area (Å²) in [4.78, 5) is 7.00. The number of hydrogen-bond donors (Lipinski definition) is 1. The van der Waals surface area contributed by atoms with Crippen molar-refractivity contribution in [1.29, 1.82) is 0 Å². The van der Waals surface area contributed by atoms with Gasteiger partial charge >= 0.3 is 0 Å². The Morgan fingerprint density at radius 1 is 1.27 bits per heavy atom. The van der Waals surface area contributed by atoms with Crippen molar-refractivity contribution < 1.29 is 4.84 Å². The molecule has 0 radical (unpaired) electrons. The zero-order chi connectivity index (χ0) is 8.69. The fourth-order valence-corrected chi connectivity index (χ4v) is 1.12. The monoisotopic (exact) mass is 160 g/mol. The average Bonchev–Trinajstić information content (AvgIpc) is 2.10. The van der Waals surface area contributed by atoms with Crippen LogP contribution in [-0.2, 0) is 4.84 Å². The lowest BCUT2D eigenvalue weighted by atomic mass is 10.1. The number of piperidine rings is 1. The second-order valence-corrected chi connectivity index (χ2v) is 2.64. The van der Waals surface area contributed by atoms with Gasteiger partial charge in [0.2, 0.25) is 0 Å². The Hall–Kier alpha value is -0.120. The van der Waals surface area contributed by atoms with Crippen molar-refractivity contribution >= 4 is 0 Å². The van der Waals surface area contributed by atoms with E-state index in [1.807, 2.05) is 13.8 Å². The van der Waals surface area contributed by atoms with Crippen LogP contribution in [0.5, 0.6) is 0 Å². The highest BCUT2D eigenvalue weighted by Gasteiger charge is 2.15. The van der Waals surface area contributed by atoms with Crippen LogP contribution >= 0.6 is 0 Å². The van der Waals surface area contributed by atoms with Gasteiger partial charge in [-0.1, -0.05) is 13.8 Å². The van der Waals surface area contributed by atoms with Crippen molar-refractivity contribution in [1.82, 2.24) is 4.90 Å². The van der Waals surface area contributed by atoms with Crippen molar-refractivity contribution in [2.75, 3.05) is 20.1 Å². The molecule has 1 aliphatic rings. The van der Waals surface area contributed by atoms with E-state index in [-0.39, 0.29) is 0 Å². The lowest BCUT2D eigenvalue weighted by molar-refractivity contribution is 0.0117. The first-order valence-corrected chi connectivity index (χ1v) is 4.37. The second kappa shape index (κ2) is 6.58. The quantitative estimate of drug-likeness (QED) is 0.581. The summed E-state index contributed by atoms with van der Waals surface area (Å²) < 4.78 is 0. The molecule has 1 fully saturated rings. The first kappa shape index (κ1) is 10.9. The third kappa shape index (κ3) is 4.35. The molecule has 68 valence electrons. The van der Waals surface area contributed by atoms with Gasteiger partial charge in [-0.15, -0.1) is 0 Å². The van der Waals surface area contributed by atoms with Crippen LogP contribution < -0.4 is 5.90 Å². The molecule has 1 saturated heterocycles. The summed E-state index contributed by atoms with van der Waals surface area (Å²) in [5.41, 5.74) is 0. The van der Waals surface area contributed by atoms with Gasteiger partial charge in [-0.25, -0.2) is 5.90 Å². The third-order valence-corrected chi connectivity index (χ3v) is 1.86. The molecule has 0 unspecified atom stereocenters. The Bertz CT molecular complexity index is 80.2. The van der Waals surface area contributed by atoms with Gasteiger partial charge in [0, 0.05) is 13.1 Å². The van der Waals surface area contributed by atoms with Gasteiger partial charge in [0.25, 0.3) is 0 Å². The minimum Gasteiger partial charge on any atom is -0.306 e. The van der Waals surface area contributed by atoms with E-state index in [9.17, 15) is 0 Å². The van der Waals surface area contributed by atoms with Crippen LogP contribution in [0.4, 0.5) is 0 Å². The van der Waals surface area contributed by atoms with E-state index in [2.05, 4.69) is 11.9 Å². The highest BCUT2D eigenvalue weighted by Crippen LogP contribution is 2.09. The second-order valence-electron chi connectivity index (χ2n) is 2.64. The first-order chi connectivity index (χ1) is 5.33. The third-order valence-electron chi connectivity index (χ3n) is 1.86. The fourth-order valence-electron chi connectivity index (χ4n) is 1.12. The lowest BCUT2D eigenvalue weighted by Gasteiger charge is -2.26. The van der Waals surface area contributed by atoms with Crippen molar-refractivity contribution in [3.05, 3.63) is 0 Å². The standard InChI is InChI=1S/C6H14N2O.C2H6/c1-8-4-2-6(9-7)3-5-8;1-2/h6H,2-5,7H2,1H3;1-2H3. The predicted octanol–water partition coefficient (Wildman–Crippen LogP) is 0.997. The first-order valence-electron chi connectivity index (χ1n) is 4.37. The maximum Gasteiger partial charge on any atom is 0.0811 e. The van der Waals surface area contributed by atoms with Crippen molar-refractivity contribution in [3.8, 4) is 0 Å². The molecule has 1 heterocycles. The molecule has 0 amide bonds. The summed E-state index contributed by atoms with van der Waals surface area (Å²) >= 11 is 0. The maximum atomic E-state index is 5.03. The Balaban J connectivity index is 0.000000461. The van der Waals surface area contributed by atoms with Crippen molar-refractivity contribution in [2.45, 2.75) is 32.8 Å². The number of likely N-dealkylation sites (tertiary alicyclic amines) is 1. The molecule has 0 bridgehead atoms. The lowest BCUT2D eigenvalue weighted by Crippen LogP contribution is -2.35. The van der Waals surface area contributed by atoms with Crippen LogP contribution in [0.25, 0.3) is 0 Å². The summed E-state index contributed by atoms with van der Waals surface area (Å²) in [6.07, 6.45) is 2.46. The van der Waals surface area contributed by atoms with Gasteiger partial charge < -0.3 is 9.74 Å². The molecule has 1 rings (SSSR count). The van der Waals surface area contributed by atoms with Crippen LogP contribution in [-0.4, -0.2) is 31.1 Å². The van der Waals surface area contributed by atoms with Gasteiger partial charge in [-0.2, -0.15) is 0 Å². The number of nitrogens with two attached hydrogens (primary N) is 1. The number of hydrogen-bond acceptors (Lipinski definition) is 3. The molecular weight excluding hydrogens is 140 g/mol.